The quantitative estimate of drug-likeness (QED) is 0.596. The number of ether oxygens (including phenoxy) is 1. The molecule has 0 unspecified atom stereocenters. The van der Waals surface area contributed by atoms with E-state index < -0.39 is 0 Å². The molecule has 0 saturated heterocycles. The Morgan fingerprint density at radius 2 is 1.85 bits per heavy atom. The second-order valence-corrected chi connectivity index (χ2v) is 7.81. The number of rotatable bonds is 6. The molecule has 0 saturated carbocycles. The second-order valence-electron chi connectivity index (χ2n) is 6.83. The highest BCUT2D eigenvalue weighted by Gasteiger charge is 2.11. The molecule has 5 heteroatoms. The van der Waals surface area contributed by atoms with E-state index in [9.17, 15) is 4.79 Å². The fourth-order valence-electron chi connectivity index (χ4n) is 3.14. The Morgan fingerprint density at radius 1 is 1.11 bits per heavy atom. The Kier molecular flexibility index (Phi) is 6.24. The zero-order chi connectivity index (χ0) is 19.4. The van der Waals surface area contributed by atoms with Crippen LogP contribution in [0.3, 0.4) is 0 Å². The number of thiazole rings is 1. The number of nitrogens with zero attached hydrogens (tertiary/aromatic N) is 2. The van der Waals surface area contributed by atoms with Gasteiger partial charge in [0.15, 0.2) is 4.80 Å². The Bertz CT molecular complexity index is 1010. The van der Waals surface area contributed by atoms with E-state index >= 15 is 0 Å². The largest absolute Gasteiger partial charge is 0.380 e. The lowest BCUT2D eigenvalue weighted by atomic mass is 10.1. The maximum atomic E-state index is 12.6. The second kappa shape index (κ2) is 8.63. The molecule has 3 rings (SSSR count). The predicted octanol–water partition coefficient (Wildman–Crippen LogP) is 4.33. The highest BCUT2D eigenvalue weighted by molar-refractivity contribution is 7.16. The van der Waals surface area contributed by atoms with Crippen molar-refractivity contribution in [1.82, 2.24) is 4.57 Å². The molecule has 0 N–H and O–H groups in total. The van der Waals surface area contributed by atoms with Crippen LogP contribution in [0.15, 0.2) is 41.4 Å². The molecule has 2 aromatic carbocycles. The Hall–Kier alpha value is -2.24. The Labute approximate surface area is 164 Å². The zero-order valence-corrected chi connectivity index (χ0v) is 17.2. The monoisotopic (exact) mass is 382 g/mol. The van der Waals surface area contributed by atoms with E-state index in [0.29, 0.717) is 26.2 Å². The number of carbonyl (C=O) groups excluding carboxylic acids is 1. The first-order valence-electron chi connectivity index (χ1n) is 9.29. The van der Waals surface area contributed by atoms with Crippen molar-refractivity contribution >= 4 is 27.5 Å². The van der Waals surface area contributed by atoms with Crippen LogP contribution in [0.25, 0.3) is 10.2 Å². The van der Waals surface area contributed by atoms with Crippen LogP contribution >= 0.6 is 11.3 Å². The van der Waals surface area contributed by atoms with Gasteiger partial charge in [0.1, 0.15) is 0 Å². The molecule has 0 spiro atoms. The lowest BCUT2D eigenvalue weighted by Crippen LogP contribution is -2.20. The van der Waals surface area contributed by atoms with E-state index in [1.807, 2.05) is 38.1 Å². The van der Waals surface area contributed by atoms with Crippen LogP contribution in [0, 0.1) is 20.8 Å². The summed E-state index contributed by atoms with van der Waals surface area (Å²) in [6, 6.07) is 12.4. The molecule has 142 valence electrons. The maximum absolute atomic E-state index is 12.6. The summed E-state index contributed by atoms with van der Waals surface area (Å²) in [6.45, 7) is 10.2. The summed E-state index contributed by atoms with van der Waals surface area (Å²) < 4.78 is 8.83. The van der Waals surface area contributed by atoms with Gasteiger partial charge in [0.2, 0.25) is 0 Å². The summed E-state index contributed by atoms with van der Waals surface area (Å²) in [4.78, 5) is 17.8. The molecule has 0 aliphatic carbocycles. The van der Waals surface area contributed by atoms with Gasteiger partial charge in [-0.25, -0.2) is 0 Å². The SMILES string of the molecule is CCOCCn1c(=NC(=O)Cc2ccc(C)cc2)sc2c(C)cc(C)cc21. The molecule has 0 fully saturated rings. The van der Waals surface area contributed by atoms with Crippen molar-refractivity contribution in [2.75, 3.05) is 13.2 Å². The van der Waals surface area contributed by atoms with Crippen LogP contribution in [0.1, 0.15) is 29.2 Å². The van der Waals surface area contributed by atoms with Crippen molar-refractivity contribution < 1.29 is 9.53 Å². The lowest BCUT2D eigenvalue weighted by Gasteiger charge is -2.07. The average molecular weight is 383 g/mol. The molecule has 0 atom stereocenters. The van der Waals surface area contributed by atoms with Gasteiger partial charge in [0.05, 0.1) is 23.2 Å². The van der Waals surface area contributed by atoms with Crippen LogP contribution < -0.4 is 4.80 Å². The molecular formula is C22H26N2O2S. The normalized spacial score (nSPS) is 12.1. The van der Waals surface area contributed by atoms with Gasteiger partial charge in [-0.15, -0.1) is 0 Å². The molecule has 1 heterocycles. The smallest absolute Gasteiger partial charge is 0.252 e. The third kappa shape index (κ3) is 4.73. The van der Waals surface area contributed by atoms with Crippen molar-refractivity contribution in [1.29, 1.82) is 0 Å². The molecule has 3 aromatic rings. The summed E-state index contributed by atoms with van der Waals surface area (Å²) in [5, 5.41) is 0. The highest BCUT2D eigenvalue weighted by Crippen LogP contribution is 2.23. The third-order valence-electron chi connectivity index (χ3n) is 4.47. The lowest BCUT2D eigenvalue weighted by molar-refractivity contribution is -0.117. The first-order valence-corrected chi connectivity index (χ1v) is 10.1. The zero-order valence-electron chi connectivity index (χ0n) is 16.4. The first kappa shape index (κ1) is 19.5. The van der Waals surface area contributed by atoms with E-state index in [1.54, 1.807) is 11.3 Å². The highest BCUT2D eigenvalue weighted by atomic mass is 32.1. The predicted molar refractivity (Wildman–Crippen MR) is 111 cm³/mol. The van der Waals surface area contributed by atoms with Crippen molar-refractivity contribution in [3.8, 4) is 0 Å². The van der Waals surface area contributed by atoms with Crippen LogP contribution in [0.2, 0.25) is 0 Å². The fraction of sp³-hybridized carbons (Fsp3) is 0.364. The molecule has 0 aliphatic rings. The summed E-state index contributed by atoms with van der Waals surface area (Å²) in [5.41, 5.74) is 5.72. The number of aromatic nitrogens is 1. The van der Waals surface area contributed by atoms with Crippen molar-refractivity contribution in [2.45, 2.75) is 40.7 Å². The van der Waals surface area contributed by atoms with Gasteiger partial charge >= 0.3 is 0 Å². The Balaban J connectivity index is 1.99. The van der Waals surface area contributed by atoms with E-state index in [0.717, 1.165) is 15.9 Å². The van der Waals surface area contributed by atoms with Crippen LogP contribution in [-0.2, 0) is 22.5 Å². The number of carbonyl (C=O) groups is 1. The number of fused-ring (bicyclic) bond motifs is 1. The van der Waals surface area contributed by atoms with Gasteiger partial charge in [-0.05, 0) is 50.5 Å². The van der Waals surface area contributed by atoms with Crippen LogP contribution in [0.5, 0.6) is 0 Å². The van der Waals surface area contributed by atoms with Gasteiger partial charge in [-0.3, -0.25) is 4.79 Å². The first-order chi connectivity index (χ1) is 13.0. The minimum absolute atomic E-state index is 0.120. The van der Waals surface area contributed by atoms with Crippen molar-refractivity contribution in [3.05, 3.63) is 63.5 Å². The minimum Gasteiger partial charge on any atom is -0.380 e. The van der Waals surface area contributed by atoms with Crippen molar-refractivity contribution in [3.63, 3.8) is 0 Å². The van der Waals surface area contributed by atoms with E-state index in [2.05, 4.69) is 35.5 Å². The van der Waals surface area contributed by atoms with Gasteiger partial charge < -0.3 is 9.30 Å². The molecule has 0 bridgehead atoms. The molecule has 4 nitrogen and oxygen atoms in total. The minimum atomic E-state index is -0.120. The summed E-state index contributed by atoms with van der Waals surface area (Å²) in [6.07, 6.45) is 0.317. The van der Waals surface area contributed by atoms with Gasteiger partial charge in [-0.2, -0.15) is 4.99 Å². The molecule has 1 aromatic heterocycles. The topological polar surface area (TPSA) is 43.6 Å². The molecular weight excluding hydrogens is 356 g/mol. The summed E-state index contributed by atoms with van der Waals surface area (Å²) in [7, 11) is 0. The van der Waals surface area contributed by atoms with E-state index in [-0.39, 0.29) is 5.91 Å². The summed E-state index contributed by atoms with van der Waals surface area (Å²) >= 11 is 1.58. The maximum Gasteiger partial charge on any atom is 0.252 e. The van der Waals surface area contributed by atoms with E-state index in [4.69, 9.17) is 4.74 Å². The molecule has 0 radical (unpaired) electrons. The fourth-order valence-corrected chi connectivity index (χ4v) is 4.26. The number of hydrogen-bond donors (Lipinski definition) is 0. The van der Waals surface area contributed by atoms with Crippen LogP contribution in [-0.4, -0.2) is 23.7 Å². The molecule has 0 aliphatic heterocycles. The molecule has 1 amide bonds. The number of aryl methyl sites for hydroxylation is 3. The third-order valence-corrected chi connectivity index (χ3v) is 5.70. The van der Waals surface area contributed by atoms with Gasteiger partial charge in [-0.1, -0.05) is 47.2 Å². The number of amides is 1. The average Bonchev–Trinajstić information content (AvgIpc) is 2.95. The van der Waals surface area contributed by atoms with Crippen LogP contribution in [0.4, 0.5) is 0 Å². The summed E-state index contributed by atoms with van der Waals surface area (Å²) in [5.74, 6) is -0.120. The van der Waals surface area contributed by atoms with E-state index in [1.165, 1.54) is 21.4 Å². The Morgan fingerprint density at radius 3 is 2.56 bits per heavy atom. The van der Waals surface area contributed by atoms with Gasteiger partial charge in [0, 0.05) is 13.2 Å². The standard InChI is InChI=1S/C22H26N2O2S/c1-5-26-11-10-24-19-13-16(3)12-17(4)21(19)27-22(24)23-20(25)14-18-8-6-15(2)7-9-18/h6-9,12-13H,5,10-11,14H2,1-4H3. The van der Waals surface area contributed by atoms with Crippen molar-refractivity contribution in [2.24, 2.45) is 4.99 Å². The number of benzene rings is 2. The molecule has 27 heavy (non-hydrogen) atoms. The number of hydrogen-bond acceptors (Lipinski definition) is 3. The van der Waals surface area contributed by atoms with Gasteiger partial charge in [0.25, 0.3) is 5.91 Å².